The average molecular weight is 217 g/mol. The van der Waals surface area contributed by atoms with E-state index in [1.165, 1.54) is 0 Å². The summed E-state index contributed by atoms with van der Waals surface area (Å²) < 4.78 is 2.02. The van der Waals surface area contributed by atoms with Crippen LogP contribution in [0.25, 0.3) is 0 Å². The number of nitrogens with one attached hydrogen (secondary N) is 1. The van der Waals surface area contributed by atoms with E-state index in [4.69, 9.17) is 0 Å². The van der Waals surface area contributed by atoms with Crippen LogP contribution >= 0.6 is 0 Å². The Morgan fingerprint density at radius 2 is 2.31 bits per heavy atom. The van der Waals surface area contributed by atoms with Crippen molar-refractivity contribution in [3.63, 3.8) is 0 Å². The quantitative estimate of drug-likeness (QED) is 0.835. The van der Waals surface area contributed by atoms with Gasteiger partial charge < -0.3 is 9.88 Å². The third-order valence-corrected chi connectivity index (χ3v) is 2.37. The third-order valence-electron chi connectivity index (χ3n) is 2.37. The molecule has 1 N–H and O–H groups in total. The fraction of sp³-hybridized carbons (Fsp3) is 0.364. The molecule has 0 fully saturated rings. The second kappa shape index (κ2) is 4.74. The van der Waals surface area contributed by atoms with Crippen molar-refractivity contribution >= 4 is 5.82 Å². The summed E-state index contributed by atoms with van der Waals surface area (Å²) in [7, 11) is 1.99. The van der Waals surface area contributed by atoms with Crippen LogP contribution in [0.5, 0.6) is 0 Å². The first-order valence-electron chi connectivity index (χ1n) is 5.25. The summed E-state index contributed by atoms with van der Waals surface area (Å²) in [5.41, 5.74) is 1.11. The Morgan fingerprint density at radius 3 is 3.00 bits per heavy atom. The number of rotatable bonds is 4. The van der Waals surface area contributed by atoms with Crippen LogP contribution in [0.2, 0.25) is 0 Å². The molecule has 0 radical (unpaired) electrons. The van der Waals surface area contributed by atoms with Crippen LogP contribution in [0.1, 0.15) is 11.4 Å². The van der Waals surface area contributed by atoms with E-state index in [1.807, 2.05) is 37.0 Å². The summed E-state index contributed by atoms with van der Waals surface area (Å²) in [5, 5.41) is 11.1. The van der Waals surface area contributed by atoms with Crippen LogP contribution in [0.3, 0.4) is 0 Å². The molecule has 0 aliphatic heterocycles. The molecular weight excluding hydrogens is 202 g/mol. The van der Waals surface area contributed by atoms with Crippen molar-refractivity contribution in [1.82, 2.24) is 19.7 Å². The number of anilines is 1. The number of hydrogen-bond donors (Lipinski definition) is 1. The number of hydrogen-bond acceptors (Lipinski definition) is 4. The van der Waals surface area contributed by atoms with Crippen molar-refractivity contribution in [2.75, 3.05) is 11.9 Å². The van der Waals surface area contributed by atoms with Gasteiger partial charge in [-0.3, -0.25) is 0 Å². The first-order valence-corrected chi connectivity index (χ1v) is 5.25. The molecule has 0 unspecified atom stereocenters. The Kier molecular flexibility index (Phi) is 3.14. The Balaban J connectivity index is 1.87. The minimum atomic E-state index is 0.809. The number of aryl methyl sites for hydroxylation is 2. The summed E-state index contributed by atoms with van der Waals surface area (Å²) in [4.78, 5) is 4.25. The molecule has 2 rings (SSSR count). The van der Waals surface area contributed by atoms with E-state index in [-0.39, 0.29) is 0 Å². The molecule has 16 heavy (non-hydrogen) atoms. The number of nitrogens with zero attached hydrogens (tertiary/aromatic N) is 4. The summed E-state index contributed by atoms with van der Waals surface area (Å²) in [6, 6.07) is 1.98. The van der Waals surface area contributed by atoms with Gasteiger partial charge in [-0.2, -0.15) is 5.10 Å². The van der Waals surface area contributed by atoms with E-state index in [2.05, 4.69) is 20.5 Å². The minimum Gasteiger partial charge on any atom is -0.368 e. The predicted octanol–water partition coefficient (Wildman–Crippen LogP) is 1.17. The molecule has 2 heterocycles. The largest absolute Gasteiger partial charge is 0.368 e. The normalized spacial score (nSPS) is 10.4. The van der Waals surface area contributed by atoms with Crippen molar-refractivity contribution in [2.45, 2.75) is 13.3 Å². The van der Waals surface area contributed by atoms with Crippen LogP contribution in [-0.4, -0.2) is 26.3 Å². The van der Waals surface area contributed by atoms with Crippen LogP contribution < -0.4 is 5.32 Å². The zero-order valence-electron chi connectivity index (χ0n) is 9.51. The monoisotopic (exact) mass is 217 g/mol. The molecule has 0 amide bonds. The lowest BCUT2D eigenvalue weighted by molar-refractivity contribution is 0.787. The van der Waals surface area contributed by atoms with E-state index in [9.17, 15) is 0 Å². The van der Waals surface area contributed by atoms with Gasteiger partial charge in [0.2, 0.25) is 0 Å². The Bertz CT molecular complexity index is 463. The smallest absolute Gasteiger partial charge is 0.148 e. The van der Waals surface area contributed by atoms with Gasteiger partial charge in [0.25, 0.3) is 0 Å². The molecule has 0 spiro atoms. The lowest BCUT2D eigenvalue weighted by atomic mass is 10.3. The van der Waals surface area contributed by atoms with Gasteiger partial charge in [-0.05, 0) is 18.6 Å². The lowest BCUT2D eigenvalue weighted by Gasteiger charge is -2.05. The maximum atomic E-state index is 4.25. The molecule has 5 nitrogen and oxygen atoms in total. The Morgan fingerprint density at radius 1 is 1.44 bits per heavy atom. The Hall–Kier alpha value is -1.91. The number of aromatic nitrogens is 4. The highest BCUT2D eigenvalue weighted by molar-refractivity contribution is 5.34. The third kappa shape index (κ3) is 2.56. The maximum absolute atomic E-state index is 4.25. The summed E-state index contributed by atoms with van der Waals surface area (Å²) >= 11 is 0. The summed E-state index contributed by atoms with van der Waals surface area (Å²) in [6.45, 7) is 2.81. The molecule has 0 aromatic carbocycles. The Labute approximate surface area is 94.5 Å². The van der Waals surface area contributed by atoms with Gasteiger partial charge in [0, 0.05) is 32.4 Å². The summed E-state index contributed by atoms with van der Waals surface area (Å²) in [5.74, 6) is 1.88. The van der Waals surface area contributed by atoms with E-state index in [0.29, 0.717) is 0 Å². The zero-order chi connectivity index (χ0) is 11.4. The first kappa shape index (κ1) is 10.6. The highest BCUT2D eigenvalue weighted by atomic mass is 15.2. The van der Waals surface area contributed by atoms with Gasteiger partial charge in [0.15, 0.2) is 0 Å². The van der Waals surface area contributed by atoms with Gasteiger partial charge in [0.1, 0.15) is 11.6 Å². The molecule has 0 aliphatic rings. The van der Waals surface area contributed by atoms with E-state index < -0.39 is 0 Å². The van der Waals surface area contributed by atoms with Gasteiger partial charge >= 0.3 is 0 Å². The van der Waals surface area contributed by atoms with Crippen LogP contribution in [0.15, 0.2) is 24.7 Å². The van der Waals surface area contributed by atoms with Crippen molar-refractivity contribution in [2.24, 2.45) is 7.05 Å². The topological polar surface area (TPSA) is 55.6 Å². The van der Waals surface area contributed by atoms with Crippen molar-refractivity contribution in [1.29, 1.82) is 0 Å². The second-order valence-corrected chi connectivity index (χ2v) is 3.75. The summed E-state index contributed by atoms with van der Waals surface area (Å²) in [6.07, 6.45) is 6.37. The average Bonchev–Trinajstić information content (AvgIpc) is 2.65. The van der Waals surface area contributed by atoms with Crippen molar-refractivity contribution in [3.05, 3.63) is 36.0 Å². The van der Waals surface area contributed by atoms with Gasteiger partial charge in [-0.1, -0.05) is 0 Å². The van der Waals surface area contributed by atoms with E-state index in [1.54, 1.807) is 6.20 Å². The second-order valence-electron chi connectivity index (χ2n) is 3.75. The zero-order valence-corrected chi connectivity index (χ0v) is 9.51. The fourth-order valence-electron chi connectivity index (χ4n) is 1.49. The fourth-order valence-corrected chi connectivity index (χ4v) is 1.49. The minimum absolute atomic E-state index is 0.809. The predicted molar refractivity (Wildman–Crippen MR) is 62.2 cm³/mol. The van der Waals surface area contributed by atoms with Gasteiger partial charge in [0.05, 0.1) is 6.20 Å². The molecule has 84 valence electrons. The highest BCUT2D eigenvalue weighted by Crippen LogP contribution is 2.03. The molecule has 5 heteroatoms. The molecule has 0 saturated carbocycles. The van der Waals surface area contributed by atoms with Gasteiger partial charge in [-0.15, -0.1) is 5.10 Å². The first-order chi connectivity index (χ1) is 7.75. The van der Waals surface area contributed by atoms with Crippen LogP contribution in [0.4, 0.5) is 5.82 Å². The maximum Gasteiger partial charge on any atom is 0.148 e. The van der Waals surface area contributed by atoms with Gasteiger partial charge in [-0.25, -0.2) is 4.98 Å². The van der Waals surface area contributed by atoms with E-state index >= 15 is 0 Å². The molecule has 0 bridgehead atoms. The van der Waals surface area contributed by atoms with Crippen molar-refractivity contribution < 1.29 is 0 Å². The lowest BCUT2D eigenvalue weighted by Crippen LogP contribution is -2.10. The van der Waals surface area contributed by atoms with Crippen molar-refractivity contribution in [3.8, 4) is 0 Å². The molecule has 2 aromatic heterocycles. The molecule has 0 saturated heterocycles. The highest BCUT2D eigenvalue weighted by Gasteiger charge is 1.99. The van der Waals surface area contributed by atoms with Crippen LogP contribution in [0, 0.1) is 6.92 Å². The van der Waals surface area contributed by atoms with Crippen LogP contribution in [-0.2, 0) is 13.5 Å². The molecule has 0 aliphatic carbocycles. The molecular formula is C11H15N5. The molecule has 0 atom stereocenters. The van der Waals surface area contributed by atoms with E-state index in [0.717, 1.165) is 30.2 Å². The molecule has 2 aromatic rings. The standard InChI is InChI=1S/C11H15N5/c1-9-7-10(15-14-8-9)12-4-3-11-13-5-6-16(11)2/h5-8H,3-4H2,1-2H3,(H,12,15). The number of imidazole rings is 1. The SMILES string of the molecule is Cc1cnnc(NCCc2nccn2C)c1.